The Bertz CT molecular complexity index is 602. The van der Waals surface area contributed by atoms with Crippen molar-refractivity contribution in [2.24, 2.45) is 0 Å². The van der Waals surface area contributed by atoms with E-state index in [1.54, 1.807) is 13.1 Å². The summed E-state index contributed by atoms with van der Waals surface area (Å²) in [4.78, 5) is 18.3. The lowest BCUT2D eigenvalue weighted by molar-refractivity contribution is 1.08. The predicted octanol–water partition coefficient (Wildman–Crippen LogP) is 2.44. The molecule has 1 aromatic carbocycles. The highest BCUT2D eigenvalue weighted by Crippen LogP contribution is 2.18. The summed E-state index contributed by atoms with van der Waals surface area (Å²) in [7, 11) is 0. The van der Waals surface area contributed by atoms with Gasteiger partial charge in [-0.05, 0) is 32.4 Å². The number of aromatic nitrogens is 2. The van der Waals surface area contributed by atoms with Crippen LogP contribution in [0.4, 0.5) is 11.6 Å². The van der Waals surface area contributed by atoms with Gasteiger partial charge in [0.1, 0.15) is 0 Å². The van der Waals surface area contributed by atoms with Gasteiger partial charge in [0.15, 0.2) is 0 Å². The van der Waals surface area contributed by atoms with Gasteiger partial charge in [0.2, 0.25) is 5.95 Å². The van der Waals surface area contributed by atoms with Gasteiger partial charge < -0.3 is 5.32 Å². The Kier molecular flexibility index (Phi) is 2.95. The van der Waals surface area contributed by atoms with Crippen molar-refractivity contribution in [3.05, 3.63) is 51.4 Å². The Labute approximate surface area is 99.7 Å². The van der Waals surface area contributed by atoms with E-state index in [9.17, 15) is 4.79 Å². The van der Waals surface area contributed by atoms with E-state index in [1.807, 2.05) is 26.0 Å². The highest BCUT2D eigenvalue weighted by Gasteiger charge is 2.01. The summed E-state index contributed by atoms with van der Waals surface area (Å²) in [6, 6.07) is 6.07. The highest BCUT2D eigenvalue weighted by molar-refractivity contribution is 5.58. The van der Waals surface area contributed by atoms with Crippen LogP contribution in [0.25, 0.3) is 0 Å². The van der Waals surface area contributed by atoms with Crippen LogP contribution in [-0.2, 0) is 0 Å². The second kappa shape index (κ2) is 4.41. The van der Waals surface area contributed by atoms with Gasteiger partial charge in [0.05, 0.1) is 0 Å². The molecule has 2 rings (SSSR count). The molecule has 0 radical (unpaired) electrons. The summed E-state index contributed by atoms with van der Waals surface area (Å²) in [5.74, 6) is 0.465. The average Bonchev–Trinajstić information content (AvgIpc) is 2.27. The van der Waals surface area contributed by atoms with E-state index in [2.05, 4.69) is 21.4 Å². The van der Waals surface area contributed by atoms with Crippen LogP contribution in [0.15, 0.2) is 29.2 Å². The molecule has 0 aliphatic heterocycles. The molecule has 0 atom stereocenters. The summed E-state index contributed by atoms with van der Waals surface area (Å²) in [5.41, 5.74) is 3.76. The van der Waals surface area contributed by atoms with Crippen molar-refractivity contribution < 1.29 is 0 Å². The third kappa shape index (κ3) is 2.53. The first-order valence-electron chi connectivity index (χ1n) is 5.46. The number of rotatable bonds is 2. The zero-order valence-corrected chi connectivity index (χ0v) is 10.2. The van der Waals surface area contributed by atoms with Crippen LogP contribution >= 0.6 is 0 Å². The summed E-state index contributed by atoms with van der Waals surface area (Å²) in [6.07, 6.45) is 1.56. The Morgan fingerprint density at radius 3 is 2.59 bits per heavy atom. The molecule has 2 N–H and O–H groups in total. The first-order chi connectivity index (χ1) is 8.06. The first-order valence-corrected chi connectivity index (χ1v) is 5.46. The summed E-state index contributed by atoms with van der Waals surface area (Å²) < 4.78 is 0. The molecule has 0 bridgehead atoms. The summed E-state index contributed by atoms with van der Waals surface area (Å²) in [6.45, 7) is 5.79. The summed E-state index contributed by atoms with van der Waals surface area (Å²) in [5, 5.41) is 3.10. The predicted molar refractivity (Wildman–Crippen MR) is 68.8 cm³/mol. The fourth-order valence-corrected chi connectivity index (χ4v) is 1.60. The van der Waals surface area contributed by atoms with Gasteiger partial charge in [-0.2, -0.15) is 0 Å². The second-order valence-corrected chi connectivity index (χ2v) is 4.19. The fraction of sp³-hybridized carbons (Fsp3) is 0.231. The average molecular weight is 229 g/mol. The van der Waals surface area contributed by atoms with E-state index in [0.717, 1.165) is 11.3 Å². The molecular weight excluding hydrogens is 214 g/mol. The van der Waals surface area contributed by atoms with Crippen molar-refractivity contribution >= 4 is 11.6 Å². The number of aromatic amines is 1. The molecule has 0 spiro atoms. The molecule has 0 fully saturated rings. The van der Waals surface area contributed by atoms with Gasteiger partial charge in [-0.25, -0.2) is 4.98 Å². The first kappa shape index (κ1) is 11.4. The van der Waals surface area contributed by atoms with E-state index in [4.69, 9.17) is 0 Å². The van der Waals surface area contributed by atoms with Gasteiger partial charge in [-0.1, -0.05) is 17.7 Å². The lowest BCUT2D eigenvalue weighted by Gasteiger charge is -2.09. The van der Waals surface area contributed by atoms with Crippen LogP contribution in [0.3, 0.4) is 0 Å². The van der Waals surface area contributed by atoms with E-state index in [1.165, 1.54) is 5.56 Å². The van der Waals surface area contributed by atoms with Gasteiger partial charge in [-0.3, -0.25) is 9.78 Å². The minimum absolute atomic E-state index is 0.118. The number of hydrogen-bond donors (Lipinski definition) is 2. The quantitative estimate of drug-likeness (QED) is 0.831. The van der Waals surface area contributed by atoms with E-state index in [0.29, 0.717) is 11.5 Å². The van der Waals surface area contributed by atoms with Crippen molar-refractivity contribution in [3.8, 4) is 0 Å². The van der Waals surface area contributed by atoms with Gasteiger partial charge in [-0.15, -0.1) is 0 Å². The number of nitrogens with one attached hydrogen (secondary N) is 2. The maximum Gasteiger partial charge on any atom is 0.255 e. The molecular formula is C13H15N3O. The molecule has 4 nitrogen and oxygen atoms in total. The highest BCUT2D eigenvalue weighted by atomic mass is 16.1. The van der Waals surface area contributed by atoms with Crippen LogP contribution in [0.5, 0.6) is 0 Å². The SMILES string of the molecule is Cc1ccc(Nc2ncc(C)c(=O)[nH]2)c(C)c1. The minimum atomic E-state index is -0.118. The van der Waals surface area contributed by atoms with E-state index < -0.39 is 0 Å². The molecule has 0 saturated heterocycles. The lowest BCUT2D eigenvalue weighted by Crippen LogP contribution is -2.12. The number of H-pyrrole nitrogens is 1. The molecule has 1 aromatic heterocycles. The number of hydrogen-bond acceptors (Lipinski definition) is 3. The van der Waals surface area contributed by atoms with Crippen LogP contribution in [0.1, 0.15) is 16.7 Å². The zero-order valence-electron chi connectivity index (χ0n) is 10.2. The van der Waals surface area contributed by atoms with E-state index in [-0.39, 0.29) is 5.56 Å². The third-order valence-electron chi connectivity index (χ3n) is 2.61. The largest absolute Gasteiger partial charge is 0.325 e. The number of anilines is 2. The maximum absolute atomic E-state index is 11.4. The summed E-state index contributed by atoms with van der Waals surface area (Å²) >= 11 is 0. The molecule has 1 heterocycles. The minimum Gasteiger partial charge on any atom is -0.325 e. The molecule has 0 unspecified atom stereocenters. The molecule has 17 heavy (non-hydrogen) atoms. The smallest absolute Gasteiger partial charge is 0.255 e. The van der Waals surface area contributed by atoms with E-state index >= 15 is 0 Å². The van der Waals surface area contributed by atoms with Crippen LogP contribution in [-0.4, -0.2) is 9.97 Å². The van der Waals surface area contributed by atoms with Gasteiger partial charge >= 0.3 is 0 Å². The van der Waals surface area contributed by atoms with Gasteiger partial charge in [0, 0.05) is 17.4 Å². The Morgan fingerprint density at radius 1 is 1.18 bits per heavy atom. The van der Waals surface area contributed by atoms with Crippen LogP contribution < -0.4 is 10.9 Å². The van der Waals surface area contributed by atoms with Crippen LogP contribution in [0, 0.1) is 20.8 Å². The zero-order chi connectivity index (χ0) is 12.4. The third-order valence-corrected chi connectivity index (χ3v) is 2.61. The van der Waals surface area contributed by atoms with Crippen molar-refractivity contribution in [2.45, 2.75) is 20.8 Å². The molecule has 0 aliphatic carbocycles. The number of nitrogens with zero attached hydrogens (tertiary/aromatic N) is 1. The number of benzene rings is 1. The number of aryl methyl sites for hydroxylation is 3. The molecule has 0 aliphatic rings. The molecule has 2 aromatic rings. The Morgan fingerprint density at radius 2 is 1.94 bits per heavy atom. The Balaban J connectivity index is 2.31. The topological polar surface area (TPSA) is 57.8 Å². The molecule has 88 valence electrons. The maximum atomic E-state index is 11.4. The molecule has 0 amide bonds. The molecule has 4 heteroatoms. The lowest BCUT2D eigenvalue weighted by atomic mass is 10.1. The normalized spacial score (nSPS) is 10.3. The standard InChI is InChI=1S/C13H15N3O/c1-8-4-5-11(9(2)6-8)15-13-14-7-10(3)12(17)16-13/h4-7H,1-3H3,(H2,14,15,16,17). The Hall–Kier alpha value is -2.10. The van der Waals surface area contributed by atoms with Crippen molar-refractivity contribution in [1.82, 2.24) is 9.97 Å². The second-order valence-electron chi connectivity index (χ2n) is 4.19. The fourth-order valence-electron chi connectivity index (χ4n) is 1.60. The van der Waals surface area contributed by atoms with Crippen molar-refractivity contribution in [1.29, 1.82) is 0 Å². The van der Waals surface area contributed by atoms with Gasteiger partial charge in [0.25, 0.3) is 5.56 Å². The monoisotopic (exact) mass is 229 g/mol. The van der Waals surface area contributed by atoms with Crippen LogP contribution in [0.2, 0.25) is 0 Å². The van der Waals surface area contributed by atoms with Crippen molar-refractivity contribution in [3.63, 3.8) is 0 Å². The van der Waals surface area contributed by atoms with Crippen molar-refractivity contribution in [2.75, 3.05) is 5.32 Å². The molecule has 0 saturated carbocycles.